The van der Waals surface area contributed by atoms with Crippen LogP contribution in [0.25, 0.3) is 0 Å². The van der Waals surface area contributed by atoms with Gasteiger partial charge in [0.15, 0.2) is 0 Å². The summed E-state index contributed by atoms with van der Waals surface area (Å²) in [7, 11) is 0. The van der Waals surface area contributed by atoms with Crippen LogP contribution in [0.2, 0.25) is 5.15 Å². The van der Waals surface area contributed by atoms with Crippen LogP contribution in [0, 0.1) is 0 Å². The van der Waals surface area contributed by atoms with Gasteiger partial charge in [0.1, 0.15) is 17.3 Å². The minimum atomic E-state index is 0.0683. The molecule has 2 heterocycles. The zero-order valence-electron chi connectivity index (χ0n) is 8.41. The lowest BCUT2D eigenvalue weighted by molar-refractivity contribution is -0.120. The van der Waals surface area contributed by atoms with E-state index >= 15 is 0 Å². The highest BCUT2D eigenvalue weighted by atomic mass is 79.9. The molecule has 5 nitrogen and oxygen atoms in total. The fourth-order valence-corrected chi connectivity index (χ4v) is 2.12. The van der Waals surface area contributed by atoms with Gasteiger partial charge in [-0.15, -0.1) is 0 Å². The molecular weight excluding hydrogens is 295 g/mol. The van der Waals surface area contributed by atoms with Gasteiger partial charge in [-0.3, -0.25) is 4.79 Å². The summed E-state index contributed by atoms with van der Waals surface area (Å²) in [5.41, 5.74) is 0. The van der Waals surface area contributed by atoms with Crippen molar-refractivity contribution in [1.82, 2.24) is 15.3 Å². The SMILES string of the molecule is O=C1CCN(c2ncnc(Cl)c2Br)CCN1. The van der Waals surface area contributed by atoms with Crippen molar-refractivity contribution >= 4 is 39.3 Å². The maximum absolute atomic E-state index is 11.2. The lowest BCUT2D eigenvalue weighted by Crippen LogP contribution is -2.29. The standard InChI is InChI=1S/C9H10BrClN4O/c10-7-8(11)13-5-14-9(7)15-3-1-6(16)12-2-4-15/h5H,1-4H2,(H,12,16). The third-order valence-electron chi connectivity index (χ3n) is 2.34. The number of nitrogens with one attached hydrogen (secondary N) is 1. The summed E-state index contributed by atoms with van der Waals surface area (Å²) in [4.78, 5) is 21.3. The molecule has 2 rings (SSSR count). The third-order valence-corrected chi connectivity index (χ3v) is 3.59. The average molecular weight is 306 g/mol. The highest BCUT2D eigenvalue weighted by molar-refractivity contribution is 9.10. The molecule has 1 aromatic heterocycles. The number of nitrogens with zero attached hydrogens (tertiary/aromatic N) is 3. The van der Waals surface area contributed by atoms with Gasteiger partial charge in [-0.25, -0.2) is 9.97 Å². The molecule has 7 heteroatoms. The van der Waals surface area contributed by atoms with Crippen molar-refractivity contribution in [3.8, 4) is 0 Å². The normalized spacial score (nSPS) is 16.9. The van der Waals surface area contributed by atoms with Crippen LogP contribution in [0.15, 0.2) is 10.8 Å². The summed E-state index contributed by atoms with van der Waals surface area (Å²) in [5.74, 6) is 0.801. The van der Waals surface area contributed by atoms with E-state index < -0.39 is 0 Å². The number of aromatic nitrogens is 2. The highest BCUT2D eigenvalue weighted by Crippen LogP contribution is 2.29. The smallest absolute Gasteiger partial charge is 0.221 e. The average Bonchev–Trinajstić information content (AvgIpc) is 2.47. The van der Waals surface area contributed by atoms with Crippen LogP contribution in [-0.2, 0) is 4.79 Å². The van der Waals surface area contributed by atoms with Gasteiger partial charge in [0, 0.05) is 26.1 Å². The van der Waals surface area contributed by atoms with E-state index in [0.29, 0.717) is 29.1 Å². The molecule has 86 valence electrons. The number of carbonyl (C=O) groups is 1. The van der Waals surface area contributed by atoms with E-state index in [1.807, 2.05) is 4.90 Å². The first-order valence-corrected chi connectivity index (χ1v) is 6.03. The second kappa shape index (κ2) is 4.97. The Balaban J connectivity index is 2.23. The zero-order valence-corrected chi connectivity index (χ0v) is 10.8. The van der Waals surface area contributed by atoms with Gasteiger partial charge in [0.2, 0.25) is 5.91 Å². The number of carbonyl (C=O) groups excluding carboxylic acids is 1. The molecule has 0 spiro atoms. The topological polar surface area (TPSA) is 58.1 Å². The Morgan fingerprint density at radius 2 is 2.25 bits per heavy atom. The molecule has 0 bridgehead atoms. The van der Waals surface area contributed by atoms with E-state index in [0.717, 1.165) is 12.4 Å². The molecule has 0 radical (unpaired) electrons. The van der Waals surface area contributed by atoms with E-state index in [1.54, 1.807) is 0 Å². The van der Waals surface area contributed by atoms with Crippen molar-refractivity contribution in [1.29, 1.82) is 0 Å². The lowest BCUT2D eigenvalue weighted by atomic mass is 10.4. The zero-order chi connectivity index (χ0) is 11.5. The van der Waals surface area contributed by atoms with E-state index in [9.17, 15) is 4.79 Å². The van der Waals surface area contributed by atoms with Crippen LogP contribution in [0.4, 0.5) is 5.82 Å². The minimum Gasteiger partial charge on any atom is -0.354 e. The molecule has 1 aromatic rings. The van der Waals surface area contributed by atoms with Gasteiger partial charge < -0.3 is 10.2 Å². The summed E-state index contributed by atoms with van der Waals surface area (Å²) < 4.78 is 0.672. The van der Waals surface area contributed by atoms with Crippen molar-refractivity contribution in [2.24, 2.45) is 0 Å². The quantitative estimate of drug-likeness (QED) is 0.793. The number of anilines is 1. The Hall–Kier alpha value is -0.880. The Bertz CT molecular complexity index is 414. The van der Waals surface area contributed by atoms with Gasteiger partial charge in [-0.1, -0.05) is 11.6 Å². The van der Waals surface area contributed by atoms with Crippen molar-refractivity contribution in [3.63, 3.8) is 0 Å². The van der Waals surface area contributed by atoms with Gasteiger partial charge in [-0.2, -0.15) is 0 Å². The van der Waals surface area contributed by atoms with Crippen LogP contribution >= 0.6 is 27.5 Å². The van der Waals surface area contributed by atoms with Crippen LogP contribution in [0.5, 0.6) is 0 Å². The van der Waals surface area contributed by atoms with Crippen molar-refractivity contribution in [3.05, 3.63) is 16.0 Å². The molecule has 0 saturated carbocycles. The molecule has 1 aliphatic heterocycles. The maximum Gasteiger partial charge on any atom is 0.221 e. The van der Waals surface area contributed by atoms with Crippen molar-refractivity contribution in [2.75, 3.05) is 24.5 Å². The van der Waals surface area contributed by atoms with Crippen molar-refractivity contribution < 1.29 is 4.79 Å². The second-order valence-electron chi connectivity index (χ2n) is 3.39. The summed E-state index contributed by atoms with van der Waals surface area (Å²) >= 11 is 9.25. The number of hydrogen-bond donors (Lipinski definition) is 1. The Morgan fingerprint density at radius 3 is 3.06 bits per heavy atom. The molecule has 1 N–H and O–H groups in total. The Kier molecular flexibility index (Phi) is 3.60. The first-order valence-electron chi connectivity index (χ1n) is 4.86. The molecule has 1 saturated heterocycles. The number of halogens is 2. The fourth-order valence-electron chi connectivity index (χ4n) is 1.54. The van der Waals surface area contributed by atoms with Gasteiger partial charge in [0.25, 0.3) is 0 Å². The van der Waals surface area contributed by atoms with Gasteiger partial charge >= 0.3 is 0 Å². The number of hydrogen-bond acceptors (Lipinski definition) is 4. The molecule has 0 unspecified atom stereocenters. The van der Waals surface area contributed by atoms with E-state index in [1.165, 1.54) is 6.33 Å². The largest absolute Gasteiger partial charge is 0.354 e. The summed E-state index contributed by atoms with van der Waals surface area (Å²) in [6, 6.07) is 0. The monoisotopic (exact) mass is 304 g/mol. The van der Waals surface area contributed by atoms with Crippen LogP contribution in [0.1, 0.15) is 6.42 Å². The number of amides is 1. The maximum atomic E-state index is 11.2. The molecule has 0 atom stereocenters. The molecule has 1 aliphatic rings. The fraction of sp³-hybridized carbons (Fsp3) is 0.444. The van der Waals surface area contributed by atoms with E-state index in [2.05, 4.69) is 31.2 Å². The summed E-state index contributed by atoms with van der Waals surface area (Å²) in [6.45, 7) is 1.97. The van der Waals surface area contributed by atoms with E-state index in [4.69, 9.17) is 11.6 Å². The summed E-state index contributed by atoms with van der Waals surface area (Å²) in [6.07, 6.45) is 1.89. The predicted octanol–water partition coefficient (Wildman–Crippen LogP) is 1.22. The molecule has 16 heavy (non-hydrogen) atoms. The van der Waals surface area contributed by atoms with Crippen LogP contribution < -0.4 is 10.2 Å². The van der Waals surface area contributed by atoms with Crippen LogP contribution in [0.3, 0.4) is 0 Å². The summed E-state index contributed by atoms with van der Waals surface area (Å²) in [5, 5.41) is 3.19. The Labute approximate surface area is 106 Å². The molecule has 1 fully saturated rings. The number of rotatable bonds is 1. The molecule has 0 aromatic carbocycles. The van der Waals surface area contributed by atoms with Crippen LogP contribution in [-0.4, -0.2) is 35.5 Å². The molecular formula is C9H10BrClN4O. The first-order chi connectivity index (χ1) is 7.68. The van der Waals surface area contributed by atoms with Gasteiger partial charge in [0.05, 0.1) is 4.47 Å². The van der Waals surface area contributed by atoms with Crippen molar-refractivity contribution in [2.45, 2.75) is 6.42 Å². The minimum absolute atomic E-state index is 0.0683. The second-order valence-corrected chi connectivity index (χ2v) is 4.54. The molecule has 1 amide bonds. The highest BCUT2D eigenvalue weighted by Gasteiger charge is 2.18. The molecule has 0 aliphatic carbocycles. The third kappa shape index (κ3) is 2.44. The Morgan fingerprint density at radius 1 is 1.44 bits per heavy atom. The van der Waals surface area contributed by atoms with E-state index in [-0.39, 0.29) is 5.91 Å². The first kappa shape index (κ1) is 11.6. The lowest BCUT2D eigenvalue weighted by Gasteiger charge is -2.21. The van der Waals surface area contributed by atoms with Gasteiger partial charge in [-0.05, 0) is 15.9 Å². The predicted molar refractivity (Wildman–Crippen MR) is 64.6 cm³/mol.